The lowest BCUT2D eigenvalue weighted by molar-refractivity contribution is -0.136. The van der Waals surface area contributed by atoms with E-state index in [1.165, 1.54) is 18.2 Å². The van der Waals surface area contributed by atoms with Crippen molar-refractivity contribution in [1.29, 1.82) is 0 Å². The van der Waals surface area contributed by atoms with Crippen LogP contribution in [0, 0.1) is 0 Å². The molecule has 0 heterocycles. The summed E-state index contributed by atoms with van der Waals surface area (Å²) in [5, 5.41) is 16.3. The fourth-order valence-corrected chi connectivity index (χ4v) is 4.67. The van der Waals surface area contributed by atoms with Crippen molar-refractivity contribution in [1.82, 2.24) is 5.32 Å². The van der Waals surface area contributed by atoms with Gasteiger partial charge in [-0.25, -0.2) is 4.79 Å². The molecule has 0 saturated carbocycles. The largest absolute Gasteiger partial charge is 0.478 e. The van der Waals surface area contributed by atoms with Crippen molar-refractivity contribution in [2.45, 2.75) is 25.1 Å². The van der Waals surface area contributed by atoms with E-state index in [9.17, 15) is 27.9 Å². The van der Waals surface area contributed by atoms with Crippen molar-refractivity contribution in [3.8, 4) is 11.1 Å². The maximum Gasteiger partial charge on any atom is 0.389 e. The molecule has 0 aromatic heterocycles. The van der Waals surface area contributed by atoms with Gasteiger partial charge in [0, 0.05) is 35.3 Å². The molecule has 216 valence electrons. The van der Waals surface area contributed by atoms with E-state index in [1.807, 2.05) is 30.3 Å². The van der Waals surface area contributed by atoms with Crippen LogP contribution < -0.4 is 10.6 Å². The first-order chi connectivity index (χ1) is 20.1. The summed E-state index contributed by atoms with van der Waals surface area (Å²) >= 11 is 6.31. The molecular weight excluding hydrogens is 567 g/mol. The highest BCUT2D eigenvalue weighted by Gasteiger charge is 2.29. The summed E-state index contributed by atoms with van der Waals surface area (Å²) < 4.78 is 39.0. The summed E-state index contributed by atoms with van der Waals surface area (Å²) in [4.78, 5) is 30.0. The van der Waals surface area contributed by atoms with Gasteiger partial charge in [-0.1, -0.05) is 66.2 Å². The van der Waals surface area contributed by atoms with E-state index in [2.05, 4.69) is 15.6 Å². The van der Waals surface area contributed by atoms with Gasteiger partial charge < -0.3 is 15.7 Å². The average Bonchev–Trinajstić information content (AvgIpc) is 2.98. The fourth-order valence-electron chi connectivity index (χ4n) is 4.50. The molecule has 0 spiro atoms. The van der Waals surface area contributed by atoms with E-state index in [0.717, 1.165) is 5.69 Å². The van der Waals surface area contributed by atoms with Gasteiger partial charge in [0.25, 0.3) is 5.91 Å². The van der Waals surface area contributed by atoms with E-state index < -0.39 is 30.5 Å². The lowest BCUT2D eigenvalue weighted by atomic mass is 9.92. The third kappa shape index (κ3) is 7.76. The topological polar surface area (TPSA) is 90.8 Å². The van der Waals surface area contributed by atoms with E-state index in [1.54, 1.807) is 55.6 Å². The van der Waals surface area contributed by atoms with E-state index in [0.29, 0.717) is 27.5 Å². The molecule has 0 bridgehead atoms. The second-order valence-corrected chi connectivity index (χ2v) is 9.85. The highest BCUT2D eigenvalue weighted by atomic mass is 35.5. The molecule has 0 aliphatic rings. The number of nitrogens with zero attached hydrogens (tertiary/aromatic N) is 1. The lowest BCUT2D eigenvalue weighted by Crippen LogP contribution is -2.30. The molecule has 10 heteroatoms. The molecule has 1 atom stereocenters. The summed E-state index contributed by atoms with van der Waals surface area (Å²) in [5.41, 5.74) is 2.38. The first-order valence-corrected chi connectivity index (χ1v) is 13.3. The zero-order valence-electron chi connectivity index (χ0n) is 22.5. The number of hydrogen-bond acceptors (Lipinski definition) is 3. The number of rotatable bonds is 9. The van der Waals surface area contributed by atoms with Crippen LogP contribution in [0.2, 0.25) is 5.02 Å². The number of aliphatic imine (C=N–C) groups is 1. The molecule has 4 aromatic rings. The molecule has 3 N–H and O–H groups in total. The Morgan fingerprint density at radius 2 is 1.55 bits per heavy atom. The van der Waals surface area contributed by atoms with Gasteiger partial charge in [0.2, 0.25) is 0 Å². The minimum atomic E-state index is -4.40. The van der Waals surface area contributed by atoms with Gasteiger partial charge in [0.1, 0.15) is 5.84 Å². The smallest absolute Gasteiger partial charge is 0.389 e. The van der Waals surface area contributed by atoms with Crippen molar-refractivity contribution >= 4 is 35.0 Å². The number of amides is 1. The van der Waals surface area contributed by atoms with Crippen LogP contribution in [-0.4, -0.2) is 36.0 Å². The van der Waals surface area contributed by atoms with Crippen LogP contribution in [0.25, 0.3) is 11.1 Å². The van der Waals surface area contributed by atoms with Gasteiger partial charge in [-0.3, -0.25) is 9.79 Å². The molecule has 0 aliphatic heterocycles. The third-order valence-corrected chi connectivity index (χ3v) is 6.76. The summed E-state index contributed by atoms with van der Waals surface area (Å²) in [5.74, 6) is -1.54. The van der Waals surface area contributed by atoms with Crippen LogP contribution in [0.5, 0.6) is 0 Å². The molecule has 42 heavy (non-hydrogen) atoms. The molecule has 1 amide bonds. The highest BCUT2D eigenvalue weighted by molar-refractivity contribution is 6.31. The number of alkyl halides is 3. The number of carbonyl (C=O) groups excluding carboxylic acids is 1. The van der Waals surface area contributed by atoms with Crippen molar-refractivity contribution < 1.29 is 27.9 Å². The van der Waals surface area contributed by atoms with Gasteiger partial charge in [-0.2, -0.15) is 13.2 Å². The number of amidine groups is 1. The average molecular weight is 594 g/mol. The van der Waals surface area contributed by atoms with Crippen LogP contribution in [0.15, 0.2) is 102 Å². The predicted octanol–water partition coefficient (Wildman–Crippen LogP) is 8.01. The first kappa shape index (κ1) is 30.3. The van der Waals surface area contributed by atoms with Crippen LogP contribution >= 0.6 is 11.6 Å². The van der Waals surface area contributed by atoms with Crippen LogP contribution in [0.1, 0.15) is 50.7 Å². The monoisotopic (exact) mass is 593 g/mol. The number of anilines is 1. The normalized spacial score (nSPS) is 12.5. The van der Waals surface area contributed by atoms with Gasteiger partial charge in [0.05, 0.1) is 11.6 Å². The van der Waals surface area contributed by atoms with Gasteiger partial charge in [-0.15, -0.1) is 0 Å². The van der Waals surface area contributed by atoms with Gasteiger partial charge in [-0.05, 0) is 65.6 Å². The maximum absolute atomic E-state index is 13.2. The lowest BCUT2D eigenvalue weighted by Gasteiger charge is -2.21. The number of para-hydroxylation sites is 1. The summed E-state index contributed by atoms with van der Waals surface area (Å²) in [6.07, 6.45) is -5.87. The number of carbonyl (C=O) groups is 2. The molecule has 1 unspecified atom stereocenters. The fraction of sp³-hybridized carbons (Fsp3) is 0.156. The molecule has 0 fully saturated rings. The van der Waals surface area contributed by atoms with Crippen LogP contribution in [0.3, 0.4) is 0 Å². The van der Waals surface area contributed by atoms with E-state index in [-0.39, 0.29) is 23.1 Å². The Hall–Kier alpha value is -4.63. The van der Waals surface area contributed by atoms with Crippen LogP contribution in [-0.2, 0) is 0 Å². The SMILES string of the molecule is CN=C(Nc1ccccc1)c1ccc(Cl)cc1-c1ccc(C(=O)NC(CCC(F)(F)F)c2ccccc2)cc1C(=O)O. The van der Waals surface area contributed by atoms with Crippen molar-refractivity contribution in [3.63, 3.8) is 0 Å². The Morgan fingerprint density at radius 3 is 2.17 bits per heavy atom. The second kappa shape index (κ2) is 13.4. The van der Waals surface area contributed by atoms with Crippen molar-refractivity contribution in [3.05, 3.63) is 124 Å². The van der Waals surface area contributed by atoms with Crippen molar-refractivity contribution in [2.75, 3.05) is 12.4 Å². The van der Waals surface area contributed by atoms with Gasteiger partial charge >= 0.3 is 12.1 Å². The summed E-state index contributed by atoms with van der Waals surface area (Å²) in [6, 6.07) is 25.8. The number of carboxylic acids is 1. The zero-order chi connectivity index (χ0) is 30.3. The molecule has 4 aromatic carbocycles. The molecule has 0 aliphatic carbocycles. The van der Waals surface area contributed by atoms with Crippen LogP contribution in [0.4, 0.5) is 18.9 Å². The molecule has 6 nitrogen and oxygen atoms in total. The zero-order valence-corrected chi connectivity index (χ0v) is 23.2. The maximum atomic E-state index is 13.2. The Balaban J connectivity index is 1.70. The Labute approximate surface area is 245 Å². The number of hydrogen-bond donors (Lipinski definition) is 3. The Bertz CT molecular complexity index is 1590. The second-order valence-electron chi connectivity index (χ2n) is 9.41. The summed E-state index contributed by atoms with van der Waals surface area (Å²) in [7, 11) is 1.59. The molecule has 0 radical (unpaired) electrons. The quantitative estimate of drug-likeness (QED) is 0.135. The molecule has 0 saturated heterocycles. The number of benzene rings is 4. The minimum absolute atomic E-state index is 0.0144. The highest BCUT2D eigenvalue weighted by Crippen LogP contribution is 2.32. The van der Waals surface area contributed by atoms with E-state index >= 15 is 0 Å². The van der Waals surface area contributed by atoms with E-state index in [4.69, 9.17) is 11.6 Å². The van der Waals surface area contributed by atoms with Gasteiger partial charge in [0.15, 0.2) is 0 Å². The third-order valence-electron chi connectivity index (χ3n) is 6.52. The number of carboxylic acid groups (broad SMARTS) is 1. The minimum Gasteiger partial charge on any atom is -0.478 e. The number of aromatic carboxylic acids is 1. The molecular formula is C32H27ClF3N3O3. The first-order valence-electron chi connectivity index (χ1n) is 12.9. The summed E-state index contributed by atoms with van der Waals surface area (Å²) in [6.45, 7) is 0. The molecule has 4 rings (SSSR count). The number of halogens is 4. The predicted molar refractivity (Wildman–Crippen MR) is 158 cm³/mol. The number of nitrogens with one attached hydrogen (secondary N) is 2. The Morgan fingerprint density at radius 1 is 0.881 bits per heavy atom. The van der Waals surface area contributed by atoms with Crippen molar-refractivity contribution in [2.24, 2.45) is 4.99 Å². The Kier molecular flexibility index (Phi) is 9.64. The standard InChI is InChI=1S/C32H27ClF3N3O3/c1-37-29(38-23-10-6-3-7-11-23)25-15-13-22(33)19-26(25)24-14-12-21(18-27(24)31(41)42)30(40)39-28(16-17-32(34,35)36)20-8-4-2-5-9-20/h2-15,18-19,28H,16-17H2,1H3,(H,37,38)(H,39,40)(H,41,42).